The molecule has 0 aliphatic carbocycles. The van der Waals surface area contributed by atoms with E-state index in [0.717, 1.165) is 0 Å². The minimum Gasteiger partial charge on any atom is -0.454 e. The van der Waals surface area contributed by atoms with Crippen LogP contribution in [0.15, 0.2) is 36.4 Å². The summed E-state index contributed by atoms with van der Waals surface area (Å²) in [6.45, 7) is 0.471. The highest BCUT2D eigenvalue weighted by Crippen LogP contribution is 2.32. The van der Waals surface area contributed by atoms with Crippen molar-refractivity contribution in [2.24, 2.45) is 0 Å². The summed E-state index contributed by atoms with van der Waals surface area (Å²) in [7, 11) is 0. The molecule has 0 unspecified atom stereocenters. The van der Waals surface area contributed by atoms with Crippen LogP contribution in [-0.2, 0) is 6.42 Å². The second-order valence-electron chi connectivity index (χ2n) is 4.81. The predicted molar refractivity (Wildman–Crippen MR) is 80.0 cm³/mol. The third kappa shape index (κ3) is 3.14. The quantitative estimate of drug-likeness (QED) is 0.941. The van der Waals surface area contributed by atoms with E-state index in [2.05, 4.69) is 5.32 Å². The van der Waals surface area contributed by atoms with Crippen molar-refractivity contribution in [3.63, 3.8) is 0 Å². The van der Waals surface area contributed by atoms with Crippen molar-refractivity contribution in [1.82, 2.24) is 5.32 Å². The Balaban J connectivity index is 1.59. The highest BCUT2D eigenvalue weighted by atomic mass is 35.5. The number of hydrogen-bond donors (Lipinski definition) is 1. The topological polar surface area (TPSA) is 47.6 Å². The molecule has 2 aromatic carbocycles. The molecule has 1 amide bonds. The summed E-state index contributed by atoms with van der Waals surface area (Å²) < 4.78 is 24.0. The standard InChI is InChI=1S/C16H13ClFNO3/c17-12-2-3-13(18)10(7-12)5-6-19-16(20)11-1-4-14-15(8-11)22-9-21-14/h1-4,7-8H,5-6,9H2,(H,19,20). The zero-order valence-electron chi connectivity index (χ0n) is 11.6. The molecule has 0 aromatic heterocycles. The number of benzene rings is 2. The van der Waals surface area contributed by atoms with Crippen LogP contribution in [0.1, 0.15) is 15.9 Å². The van der Waals surface area contributed by atoms with Crippen LogP contribution in [0, 0.1) is 5.82 Å². The van der Waals surface area contributed by atoms with E-state index in [9.17, 15) is 9.18 Å². The first-order valence-corrected chi connectivity index (χ1v) is 7.13. The van der Waals surface area contributed by atoms with Crippen molar-refractivity contribution < 1.29 is 18.7 Å². The molecule has 0 bridgehead atoms. The molecule has 2 aromatic rings. The smallest absolute Gasteiger partial charge is 0.251 e. The maximum atomic E-state index is 13.6. The molecule has 0 fully saturated rings. The first-order chi connectivity index (χ1) is 10.6. The number of halogens is 2. The minimum absolute atomic E-state index is 0.161. The van der Waals surface area contributed by atoms with Crippen LogP contribution in [-0.4, -0.2) is 19.2 Å². The number of fused-ring (bicyclic) bond motifs is 1. The lowest BCUT2D eigenvalue weighted by Crippen LogP contribution is -2.25. The SMILES string of the molecule is O=C(NCCc1cc(Cl)ccc1F)c1ccc2c(c1)OCO2. The summed E-state index contributed by atoms with van der Waals surface area (Å²) >= 11 is 5.83. The van der Waals surface area contributed by atoms with Gasteiger partial charge in [0.1, 0.15) is 5.82 Å². The van der Waals surface area contributed by atoms with Gasteiger partial charge in [-0.05, 0) is 48.4 Å². The lowest BCUT2D eigenvalue weighted by atomic mass is 10.1. The Kier molecular flexibility index (Phi) is 4.15. The lowest BCUT2D eigenvalue weighted by Gasteiger charge is -2.07. The van der Waals surface area contributed by atoms with Gasteiger partial charge in [0.15, 0.2) is 11.5 Å². The second-order valence-corrected chi connectivity index (χ2v) is 5.25. The van der Waals surface area contributed by atoms with Gasteiger partial charge in [-0.1, -0.05) is 11.6 Å². The number of ether oxygens (including phenoxy) is 2. The number of nitrogens with one attached hydrogen (secondary N) is 1. The van der Waals surface area contributed by atoms with Crippen LogP contribution in [0.2, 0.25) is 5.02 Å². The van der Waals surface area contributed by atoms with Crippen molar-refractivity contribution in [3.05, 3.63) is 58.4 Å². The minimum atomic E-state index is -0.332. The van der Waals surface area contributed by atoms with Crippen molar-refractivity contribution in [2.45, 2.75) is 6.42 Å². The van der Waals surface area contributed by atoms with Gasteiger partial charge in [0.25, 0.3) is 5.91 Å². The third-order valence-corrected chi connectivity index (χ3v) is 3.56. The number of rotatable bonds is 4. The van der Waals surface area contributed by atoms with Crippen LogP contribution in [0.25, 0.3) is 0 Å². The van der Waals surface area contributed by atoms with Crippen LogP contribution in [0.3, 0.4) is 0 Å². The first-order valence-electron chi connectivity index (χ1n) is 6.75. The monoisotopic (exact) mass is 321 g/mol. The fraction of sp³-hybridized carbons (Fsp3) is 0.188. The third-order valence-electron chi connectivity index (χ3n) is 3.32. The van der Waals surface area contributed by atoms with Crippen molar-refractivity contribution >= 4 is 17.5 Å². The predicted octanol–water partition coefficient (Wildman–Crippen LogP) is 3.18. The fourth-order valence-corrected chi connectivity index (χ4v) is 2.38. The van der Waals surface area contributed by atoms with Gasteiger partial charge in [0.2, 0.25) is 6.79 Å². The number of hydrogen-bond acceptors (Lipinski definition) is 3. The average molecular weight is 322 g/mol. The molecular formula is C16H13ClFNO3. The van der Waals surface area contributed by atoms with E-state index in [0.29, 0.717) is 40.6 Å². The molecule has 114 valence electrons. The maximum absolute atomic E-state index is 13.6. The summed E-state index contributed by atoms with van der Waals surface area (Å²) in [6, 6.07) is 9.33. The van der Waals surface area contributed by atoms with Gasteiger partial charge in [-0.2, -0.15) is 0 Å². The Morgan fingerprint density at radius 3 is 2.86 bits per heavy atom. The molecule has 22 heavy (non-hydrogen) atoms. The van der Waals surface area contributed by atoms with Gasteiger partial charge < -0.3 is 14.8 Å². The highest BCUT2D eigenvalue weighted by Gasteiger charge is 2.16. The lowest BCUT2D eigenvalue weighted by molar-refractivity contribution is 0.0953. The summed E-state index contributed by atoms with van der Waals surface area (Å²) in [4.78, 5) is 12.1. The van der Waals surface area contributed by atoms with E-state index in [1.54, 1.807) is 24.3 Å². The van der Waals surface area contributed by atoms with E-state index in [-0.39, 0.29) is 18.5 Å². The molecule has 1 N–H and O–H groups in total. The Morgan fingerprint density at radius 1 is 1.18 bits per heavy atom. The molecule has 0 radical (unpaired) electrons. The average Bonchev–Trinajstić information content (AvgIpc) is 2.98. The van der Waals surface area contributed by atoms with E-state index in [1.165, 1.54) is 12.1 Å². The van der Waals surface area contributed by atoms with E-state index in [4.69, 9.17) is 21.1 Å². The van der Waals surface area contributed by atoms with Gasteiger partial charge in [0, 0.05) is 17.1 Å². The van der Waals surface area contributed by atoms with Gasteiger partial charge in [-0.25, -0.2) is 4.39 Å². The molecule has 4 nitrogen and oxygen atoms in total. The van der Waals surface area contributed by atoms with E-state index >= 15 is 0 Å². The molecule has 1 aliphatic rings. The molecule has 6 heteroatoms. The second kappa shape index (κ2) is 6.23. The summed E-state index contributed by atoms with van der Waals surface area (Å²) in [5.41, 5.74) is 0.939. The summed E-state index contributed by atoms with van der Waals surface area (Å²) in [5.74, 6) is 0.591. The molecule has 1 aliphatic heterocycles. The largest absolute Gasteiger partial charge is 0.454 e. The zero-order chi connectivity index (χ0) is 15.5. The number of carbonyl (C=O) groups excluding carboxylic acids is 1. The Morgan fingerprint density at radius 2 is 2.00 bits per heavy atom. The van der Waals surface area contributed by atoms with Crippen LogP contribution in [0.4, 0.5) is 4.39 Å². The zero-order valence-corrected chi connectivity index (χ0v) is 12.3. The van der Waals surface area contributed by atoms with Crippen molar-refractivity contribution in [1.29, 1.82) is 0 Å². The van der Waals surface area contributed by atoms with E-state index in [1.807, 2.05) is 0 Å². The normalized spacial score (nSPS) is 12.3. The van der Waals surface area contributed by atoms with Gasteiger partial charge in [-0.3, -0.25) is 4.79 Å². The molecule has 0 saturated carbocycles. The molecule has 1 heterocycles. The Hall–Kier alpha value is -2.27. The van der Waals surface area contributed by atoms with Crippen molar-refractivity contribution in [3.8, 4) is 11.5 Å². The molecule has 0 spiro atoms. The summed E-state index contributed by atoms with van der Waals surface area (Å²) in [5, 5.41) is 3.21. The van der Waals surface area contributed by atoms with Gasteiger partial charge in [-0.15, -0.1) is 0 Å². The van der Waals surface area contributed by atoms with Crippen LogP contribution >= 0.6 is 11.6 Å². The molecular weight excluding hydrogens is 309 g/mol. The van der Waals surface area contributed by atoms with Gasteiger partial charge >= 0.3 is 0 Å². The molecule has 3 rings (SSSR count). The highest BCUT2D eigenvalue weighted by molar-refractivity contribution is 6.30. The number of amides is 1. The van der Waals surface area contributed by atoms with Crippen LogP contribution in [0.5, 0.6) is 11.5 Å². The van der Waals surface area contributed by atoms with Crippen LogP contribution < -0.4 is 14.8 Å². The van der Waals surface area contributed by atoms with Crippen molar-refractivity contribution in [2.75, 3.05) is 13.3 Å². The van der Waals surface area contributed by atoms with E-state index < -0.39 is 0 Å². The summed E-state index contributed by atoms with van der Waals surface area (Å²) in [6.07, 6.45) is 0.364. The maximum Gasteiger partial charge on any atom is 0.251 e. The fourth-order valence-electron chi connectivity index (χ4n) is 2.19. The molecule has 0 atom stereocenters. The Bertz CT molecular complexity index is 721. The first kappa shape index (κ1) is 14.7. The Labute approximate surface area is 131 Å². The number of carbonyl (C=O) groups is 1. The molecule has 0 saturated heterocycles. The van der Waals surface area contributed by atoms with Gasteiger partial charge in [0.05, 0.1) is 0 Å².